The molecule has 1 fully saturated rings. The van der Waals surface area contributed by atoms with E-state index < -0.39 is 17.6 Å². The van der Waals surface area contributed by atoms with E-state index >= 15 is 0 Å². The Balaban J connectivity index is 1.26. The number of carbonyl (C=O) groups excluding carboxylic acids is 1. The first-order valence-electron chi connectivity index (χ1n) is 17.7. The maximum absolute atomic E-state index is 14.5. The van der Waals surface area contributed by atoms with Crippen molar-refractivity contribution in [1.82, 2.24) is 19.4 Å². The van der Waals surface area contributed by atoms with E-state index in [0.717, 1.165) is 66.9 Å². The summed E-state index contributed by atoms with van der Waals surface area (Å²) in [6.07, 6.45) is 2.51. The number of β-amino-alcohol motifs (C(OH)–C–C–N with tert-alkyl or cyclic N) is 1. The first-order chi connectivity index (χ1) is 24.9. The van der Waals surface area contributed by atoms with Crippen molar-refractivity contribution in [2.75, 3.05) is 38.7 Å². The van der Waals surface area contributed by atoms with Gasteiger partial charge in [-0.3, -0.25) is 14.6 Å². The van der Waals surface area contributed by atoms with Crippen LogP contribution in [0.4, 0.5) is 18.9 Å². The molecule has 2 aliphatic rings. The predicted molar refractivity (Wildman–Crippen MR) is 199 cm³/mol. The summed E-state index contributed by atoms with van der Waals surface area (Å²) in [5, 5.41) is 12.6. The van der Waals surface area contributed by atoms with E-state index in [0.29, 0.717) is 53.3 Å². The fourth-order valence-corrected chi connectivity index (χ4v) is 7.66. The number of nitrogens with one attached hydrogen (secondary N) is 1. The summed E-state index contributed by atoms with van der Waals surface area (Å²) in [5.41, 5.74) is 5.02. The van der Waals surface area contributed by atoms with Crippen molar-refractivity contribution in [3.8, 4) is 16.9 Å². The van der Waals surface area contributed by atoms with E-state index in [2.05, 4.69) is 27.0 Å². The number of halogens is 4. The first-order valence-corrected chi connectivity index (χ1v) is 18.0. The maximum atomic E-state index is 14.5. The Morgan fingerprint density at radius 3 is 2.58 bits per heavy atom. The number of ether oxygens (including phenoxy) is 1. The summed E-state index contributed by atoms with van der Waals surface area (Å²) in [4.78, 5) is 22.4. The van der Waals surface area contributed by atoms with Gasteiger partial charge in [-0.25, -0.2) is 4.98 Å². The Bertz CT molecular complexity index is 1970. The zero-order valence-corrected chi connectivity index (χ0v) is 30.7. The Kier molecular flexibility index (Phi) is 11.4. The number of piperidine rings is 1. The number of imidazole rings is 1. The quantitative estimate of drug-likeness (QED) is 0.160. The van der Waals surface area contributed by atoms with Crippen molar-refractivity contribution in [2.24, 2.45) is 7.05 Å². The van der Waals surface area contributed by atoms with Gasteiger partial charge in [-0.2, -0.15) is 13.2 Å². The lowest BCUT2D eigenvalue weighted by atomic mass is 9.94. The van der Waals surface area contributed by atoms with E-state index in [4.69, 9.17) is 16.3 Å². The molecule has 276 valence electrons. The van der Waals surface area contributed by atoms with Crippen LogP contribution >= 0.6 is 11.6 Å². The highest BCUT2D eigenvalue weighted by Crippen LogP contribution is 2.39. The number of benzene rings is 3. The molecule has 0 saturated carbocycles. The number of aliphatic hydroxyl groups is 1. The summed E-state index contributed by atoms with van der Waals surface area (Å²) >= 11 is 6.93. The van der Waals surface area contributed by atoms with Gasteiger partial charge in [0.25, 0.3) is 5.91 Å². The topological polar surface area (TPSA) is 82.9 Å². The van der Waals surface area contributed by atoms with E-state index in [-0.39, 0.29) is 18.0 Å². The highest BCUT2D eigenvalue weighted by atomic mass is 35.5. The molecule has 0 spiro atoms. The Morgan fingerprint density at radius 2 is 1.85 bits per heavy atom. The molecule has 2 N–H and O–H groups in total. The molecule has 6 rings (SSSR count). The average Bonchev–Trinajstić information content (AvgIpc) is 3.45. The van der Waals surface area contributed by atoms with Crippen LogP contribution in [0.2, 0.25) is 5.02 Å². The van der Waals surface area contributed by atoms with Gasteiger partial charge in [0.15, 0.2) is 5.82 Å². The number of hydrogen-bond acceptors (Lipinski definition) is 6. The average molecular weight is 736 g/mol. The minimum atomic E-state index is -4.56. The van der Waals surface area contributed by atoms with Gasteiger partial charge in [0.2, 0.25) is 0 Å². The van der Waals surface area contributed by atoms with Crippen molar-refractivity contribution in [3.63, 3.8) is 0 Å². The summed E-state index contributed by atoms with van der Waals surface area (Å²) in [6.45, 7) is 7.19. The number of fused-ring (bicyclic) bond motifs is 1. The van der Waals surface area contributed by atoms with E-state index in [1.807, 2.05) is 38.2 Å². The number of hydrogen-bond donors (Lipinski definition) is 2. The summed E-state index contributed by atoms with van der Waals surface area (Å²) in [5.74, 6) is 0.297. The largest absolute Gasteiger partial charge is 0.496 e. The third kappa shape index (κ3) is 7.93. The lowest BCUT2D eigenvalue weighted by Gasteiger charge is -2.33. The predicted octanol–water partition coefficient (Wildman–Crippen LogP) is 8.22. The number of anilines is 1. The molecule has 1 atom stereocenters. The van der Waals surface area contributed by atoms with Crippen molar-refractivity contribution < 1.29 is 27.8 Å². The zero-order valence-electron chi connectivity index (χ0n) is 30.0. The van der Waals surface area contributed by atoms with Crippen LogP contribution in [0.5, 0.6) is 5.75 Å². The fraction of sp³-hybridized carbons (Fsp3) is 0.400. The summed E-state index contributed by atoms with van der Waals surface area (Å²) < 4.78 is 50.8. The second-order valence-electron chi connectivity index (χ2n) is 13.7. The summed E-state index contributed by atoms with van der Waals surface area (Å²) in [6, 6.07) is 13.9. The van der Waals surface area contributed by atoms with E-state index in [9.17, 15) is 23.1 Å². The van der Waals surface area contributed by atoms with E-state index in [1.54, 1.807) is 22.8 Å². The van der Waals surface area contributed by atoms with Crippen LogP contribution in [0, 0.1) is 6.92 Å². The van der Waals surface area contributed by atoms with Crippen molar-refractivity contribution in [1.29, 1.82) is 0 Å². The molecule has 1 aromatic heterocycles. The summed E-state index contributed by atoms with van der Waals surface area (Å²) in [7, 11) is 3.31. The minimum Gasteiger partial charge on any atom is -0.496 e. The lowest BCUT2D eigenvalue weighted by molar-refractivity contribution is -0.137. The number of amides is 1. The smallest absolute Gasteiger partial charge is 0.417 e. The Morgan fingerprint density at radius 1 is 1.10 bits per heavy atom. The van der Waals surface area contributed by atoms with Gasteiger partial charge in [0, 0.05) is 62.5 Å². The van der Waals surface area contributed by atoms with Crippen molar-refractivity contribution >= 4 is 35.3 Å². The lowest BCUT2D eigenvalue weighted by Crippen LogP contribution is -2.36. The van der Waals surface area contributed by atoms with Crippen LogP contribution in [0.15, 0.2) is 48.5 Å². The second-order valence-corrected chi connectivity index (χ2v) is 14.1. The number of aromatic nitrogens is 2. The van der Waals surface area contributed by atoms with Crippen LogP contribution in [-0.2, 0) is 32.7 Å². The SMILES string of the molecule is COc1cc(/C=C/c2cccc(-c3cccc(NC(=O)c4nc5c(n4C)CCN(CCO)C5)c3Cl)c2C)c(C(F)(F)F)cc1CN1CCCC[C@H]1C. The molecule has 0 radical (unpaired) electrons. The molecule has 52 heavy (non-hydrogen) atoms. The fourth-order valence-electron chi connectivity index (χ4n) is 7.39. The highest BCUT2D eigenvalue weighted by molar-refractivity contribution is 6.36. The Labute approximate surface area is 307 Å². The van der Waals surface area contributed by atoms with Gasteiger partial charge in [-0.05, 0) is 73.7 Å². The van der Waals surface area contributed by atoms with Crippen LogP contribution < -0.4 is 10.1 Å². The minimum absolute atomic E-state index is 0.0180. The second kappa shape index (κ2) is 15.8. The highest BCUT2D eigenvalue weighted by Gasteiger charge is 2.34. The zero-order chi connectivity index (χ0) is 37.2. The number of carbonyl (C=O) groups is 1. The van der Waals surface area contributed by atoms with Crippen LogP contribution in [0.25, 0.3) is 23.3 Å². The molecule has 0 unspecified atom stereocenters. The molecule has 4 aromatic rings. The monoisotopic (exact) mass is 735 g/mol. The normalized spacial score (nSPS) is 17.1. The van der Waals surface area contributed by atoms with Crippen molar-refractivity contribution in [3.05, 3.63) is 98.6 Å². The molecule has 3 heterocycles. The van der Waals surface area contributed by atoms with Gasteiger partial charge in [0.1, 0.15) is 5.75 Å². The molecular formula is C40H45ClF3N5O3. The number of likely N-dealkylation sites (tertiary alicyclic amines) is 1. The maximum Gasteiger partial charge on any atom is 0.417 e. The van der Waals surface area contributed by atoms with Gasteiger partial charge in [0.05, 0.1) is 35.7 Å². The number of nitrogens with zero attached hydrogens (tertiary/aromatic N) is 4. The van der Waals surface area contributed by atoms with Crippen LogP contribution in [0.1, 0.15) is 76.0 Å². The number of aliphatic hydroxyl groups excluding tert-OH is 1. The third-order valence-corrected chi connectivity index (χ3v) is 10.8. The number of methoxy groups -OCH3 is 1. The molecule has 0 aliphatic carbocycles. The molecule has 8 nitrogen and oxygen atoms in total. The van der Waals surface area contributed by atoms with Gasteiger partial charge >= 0.3 is 6.18 Å². The van der Waals surface area contributed by atoms with E-state index in [1.165, 1.54) is 25.3 Å². The number of rotatable bonds is 10. The molecule has 3 aromatic carbocycles. The standard InChI is InChI=1S/C40H45ClF3N5O3/c1-25-9-5-6-17-49(25)23-29-21-32(40(42,43)44)28(22-36(29)52-4)15-14-27-10-7-11-30(26(27)2)31-12-8-13-33(37(31)41)46-39(51)38-45-34-24-48(19-20-50)18-16-35(34)47(38)3/h7-8,10-15,21-22,25,50H,5-6,9,16-20,23-24H2,1-4H3,(H,46,51)/b15-14+/t25-/m1/s1. The van der Waals surface area contributed by atoms with Crippen LogP contribution in [0.3, 0.4) is 0 Å². The van der Waals surface area contributed by atoms with Crippen molar-refractivity contribution in [2.45, 2.75) is 64.8 Å². The van der Waals surface area contributed by atoms with Gasteiger partial charge in [-0.1, -0.05) is 60.5 Å². The first kappa shape index (κ1) is 37.6. The molecule has 1 amide bonds. The molecule has 1 saturated heterocycles. The molecule has 2 aliphatic heterocycles. The molecule has 0 bridgehead atoms. The molecule has 12 heteroatoms. The third-order valence-electron chi connectivity index (χ3n) is 10.4. The molecular weight excluding hydrogens is 691 g/mol. The van der Waals surface area contributed by atoms with Crippen LogP contribution in [-0.4, -0.2) is 69.8 Å². The Hall–Kier alpha value is -4.16. The van der Waals surface area contributed by atoms with Gasteiger partial charge < -0.3 is 19.7 Å². The van der Waals surface area contributed by atoms with Gasteiger partial charge in [-0.15, -0.1) is 0 Å². The number of alkyl halides is 3.